The number of likely N-dealkylation sites (tertiary alicyclic amines) is 3. The van der Waals surface area contributed by atoms with Crippen molar-refractivity contribution in [3.05, 3.63) is 35.9 Å². The van der Waals surface area contributed by atoms with Crippen LogP contribution in [0.3, 0.4) is 0 Å². The van der Waals surface area contributed by atoms with Gasteiger partial charge in [0, 0.05) is 51.4 Å². The third kappa shape index (κ3) is 5.13. The molecule has 0 bridgehead atoms. The van der Waals surface area contributed by atoms with Crippen molar-refractivity contribution in [3.63, 3.8) is 0 Å². The molecule has 0 saturated carbocycles. The zero-order valence-corrected chi connectivity index (χ0v) is 18.3. The van der Waals surface area contributed by atoms with Gasteiger partial charge in [-0.2, -0.15) is 0 Å². The van der Waals surface area contributed by atoms with Crippen LogP contribution in [0.1, 0.15) is 39.2 Å². The highest BCUT2D eigenvalue weighted by atomic mass is 16.6. The normalized spacial score (nSPS) is 26.7. The van der Waals surface area contributed by atoms with Gasteiger partial charge in [-0.05, 0) is 56.9 Å². The van der Waals surface area contributed by atoms with Gasteiger partial charge in [-0.3, -0.25) is 4.90 Å². The summed E-state index contributed by atoms with van der Waals surface area (Å²) >= 11 is 0. The fourth-order valence-corrected chi connectivity index (χ4v) is 5.26. The molecule has 1 aromatic carbocycles. The quantitative estimate of drug-likeness (QED) is 0.774. The minimum atomic E-state index is -0.162. The first kappa shape index (κ1) is 20.7. The van der Waals surface area contributed by atoms with Crippen LogP contribution in [0, 0.1) is 17.8 Å². The van der Waals surface area contributed by atoms with Crippen molar-refractivity contribution < 1.29 is 9.53 Å². The molecule has 5 heteroatoms. The van der Waals surface area contributed by atoms with Gasteiger partial charge in [0.25, 0.3) is 0 Å². The predicted octanol–water partition coefficient (Wildman–Crippen LogP) is 3.70. The van der Waals surface area contributed by atoms with Gasteiger partial charge in [0.05, 0.1) is 0 Å². The van der Waals surface area contributed by atoms with Crippen LogP contribution in [0.15, 0.2) is 30.3 Å². The number of carbonyl (C=O) groups excluding carboxylic acids is 1. The molecule has 2 atom stereocenters. The average Bonchev–Trinajstić information content (AvgIpc) is 3.26. The molecule has 3 heterocycles. The van der Waals surface area contributed by atoms with Gasteiger partial charge in [-0.1, -0.05) is 30.3 Å². The lowest BCUT2D eigenvalue weighted by atomic mass is 9.96. The summed E-state index contributed by atoms with van der Waals surface area (Å²) < 4.78 is 5.50. The first-order valence-electron chi connectivity index (χ1n) is 11.3. The maximum atomic E-state index is 12.4. The van der Waals surface area contributed by atoms with Crippen LogP contribution in [-0.2, 0) is 11.3 Å². The minimum Gasteiger partial charge on any atom is -0.445 e. The van der Waals surface area contributed by atoms with E-state index in [1.54, 1.807) is 0 Å². The molecule has 0 spiro atoms. The number of carbonyl (C=O) groups is 1. The molecule has 0 unspecified atom stereocenters. The van der Waals surface area contributed by atoms with E-state index in [2.05, 4.69) is 30.6 Å². The lowest BCUT2D eigenvalue weighted by Gasteiger charge is -2.35. The molecule has 1 amide bonds. The van der Waals surface area contributed by atoms with Crippen molar-refractivity contribution >= 4 is 6.09 Å². The first-order valence-corrected chi connectivity index (χ1v) is 11.3. The molecule has 4 rings (SSSR count). The molecule has 3 fully saturated rings. The smallest absolute Gasteiger partial charge is 0.410 e. The van der Waals surface area contributed by atoms with Crippen molar-refractivity contribution in [1.29, 1.82) is 0 Å². The van der Waals surface area contributed by atoms with E-state index in [0.717, 1.165) is 43.3 Å². The molecule has 0 N–H and O–H groups in total. The van der Waals surface area contributed by atoms with Crippen LogP contribution >= 0.6 is 0 Å². The van der Waals surface area contributed by atoms with Gasteiger partial charge in [0.2, 0.25) is 0 Å². The summed E-state index contributed by atoms with van der Waals surface area (Å²) in [6, 6.07) is 9.91. The highest BCUT2D eigenvalue weighted by Crippen LogP contribution is 2.35. The zero-order chi connectivity index (χ0) is 20.4. The molecule has 3 saturated heterocycles. The van der Waals surface area contributed by atoms with Crippen LogP contribution in [0.2, 0.25) is 0 Å². The first-order chi connectivity index (χ1) is 13.9. The maximum Gasteiger partial charge on any atom is 0.410 e. The van der Waals surface area contributed by atoms with E-state index < -0.39 is 0 Å². The summed E-state index contributed by atoms with van der Waals surface area (Å²) in [5.74, 6) is 2.41. The third-order valence-electron chi connectivity index (χ3n) is 7.10. The Morgan fingerprint density at radius 3 is 2.21 bits per heavy atom. The number of hydrogen-bond donors (Lipinski definition) is 0. The molecule has 0 radical (unpaired) electrons. The maximum absolute atomic E-state index is 12.4. The van der Waals surface area contributed by atoms with Gasteiger partial charge in [0.1, 0.15) is 6.61 Å². The Balaban J connectivity index is 1.16. The highest BCUT2D eigenvalue weighted by molar-refractivity contribution is 5.67. The molecule has 3 aliphatic heterocycles. The lowest BCUT2D eigenvalue weighted by molar-refractivity contribution is 0.0772. The van der Waals surface area contributed by atoms with E-state index in [1.165, 1.54) is 32.7 Å². The van der Waals surface area contributed by atoms with Crippen molar-refractivity contribution in [2.75, 3.05) is 45.8 Å². The Hall–Kier alpha value is -1.59. The van der Waals surface area contributed by atoms with Gasteiger partial charge in [0.15, 0.2) is 0 Å². The highest BCUT2D eigenvalue weighted by Gasteiger charge is 2.43. The zero-order valence-electron chi connectivity index (χ0n) is 18.3. The van der Waals surface area contributed by atoms with Gasteiger partial charge in [-0.15, -0.1) is 0 Å². The summed E-state index contributed by atoms with van der Waals surface area (Å²) in [5.41, 5.74) is 1.34. The summed E-state index contributed by atoms with van der Waals surface area (Å²) in [5, 5.41) is 0. The number of nitrogens with zero attached hydrogens (tertiary/aromatic N) is 3. The number of hydrogen-bond acceptors (Lipinski definition) is 4. The Bertz CT molecular complexity index is 665. The number of amides is 1. The Morgan fingerprint density at radius 2 is 1.62 bits per heavy atom. The number of ether oxygens (including phenoxy) is 1. The second-order valence-electron chi connectivity index (χ2n) is 10.3. The summed E-state index contributed by atoms with van der Waals surface area (Å²) in [7, 11) is 0. The molecule has 0 aliphatic carbocycles. The standard InChI is InChI=1S/C24H37N3O2/c1-24(2,3)27-16-21-14-25(15-22(21)17-27)13-19-9-11-26(12-10-19)23(28)29-18-20-7-5-4-6-8-20/h4-8,19,21-22H,9-18H2,1-3H3/t21-,22+. The third-order valence-corrected chi connectivity index (χ3v) is 7.10. The fourth-order valence-electron chi connectivity index (χ4n) is 5.26. The Kier molecular flexibility index (Phi) is 6.16. The van der Waals surface area contributed by atoms with E-state index in [9.17, 15) is 4.79 Å². The second-order valence-corrected chi connectivity index (χ2v) is 10.3. The predicted molar refractivity (Wildman–Crippen MR) is 116 cm³/mol. The molecule has 1 aromatic rings. The number of fused-ring (bicyclic) bond motifs is 1. The Labute approximate surface area is 176 Å². The topological polar surface area (TPSA) is 36.0 Å². The molecule has 0 aromatic heterocycles. The lowest BCUT2D eigenvalue weighted by Crippen LogP contribution is -2.43. The fraction of sp³-hybridized carbons (Fsp3) is 0.708. The van der Waals surface area contributed by atoms with Crippen molar-refractivity contribution in [2.45, 2.75) is 45.8 Å². The monoisotopic (exact) mass is 399 g/mol. The van der Waals surface area contributed by atoms with Crippen LogP contribution in [0.5, 0.6) is 0 Å². The molecular formula is C24H37N3O2. The number of benzene rings is 1. The molecular weight excluding hydrogens is 362 g/mol. The second kappa shape index (κ2) is 8.65. The molecule has 5 nitrogen and oxygen atoms in total. The SMILES string of the molecule is CC(C)(C)N1C[C@H]2CN(CC3CCN(C(=O)OCc4ccccc4)CC3)C[C@H]2C1. The van der Waals surface area contributed by atoms with Crippen LogP contribution in [-0.4, -0.2) is 72.1 Å². The number of piperidine rings is 1. The van der Waals surface area contributed by atoms with Crippen LogP contribution in [0.4, 0.5) is 4.79 Å². The van der Waals surface area contributed by atoms with Gasteiger partial charge in [-0.25, -0.2) is 4.79 Å². The van der Waals surface area contributed by atoms with Crippen LogP contribution < -0.4 is 0 Å². The van der Waals surface area contributed by atoms with E-state index in [1.807, 2.05) is 35.2 Å². The van der Waals surface area contributed by atoms with Crippen molar-refractivity contribution in [1.82, 2.24) is 14.7 Å². The van der Waals surface area contributed by atoms with E-state index >= 15 is 0 Å². The minimum absolute atomic E-state index is 0.162. The molecule has 3 aliphatic rings. The summed E-state index contributed by atoms with van der Waals surface area (Å²) in [6.45, 7) is 15.3. The van der Waals surface area contributed by atoms with Crippen molar-refractivity contribution in [2.24, 2.45) is 17.8 Å². The summed E-state index contributed by atoms with van der Waals surface area (Å²) in [4.78, 5) is 19.6. The van der Waals surface area contributed by atoms with E-state index in [-0.39, 0.29) is 6.09 Å². The van der Waals surface area contributed by atoms with E-state index in [0.29, 0.717) is 18.1 Å². The summed E-state index contributed by atoms with van der Waals surface area (Å²) in [6.07, 6.45) is 2.03. The number of rotatable bonds is 4. The van der Waals surface area contributed by atoms with E-state index in [4.69, 9.17) is 4.74 Å². The Morgan fingerprint density at radius 1 is 1.00 bits per heavy atom. The largest absolute Gasteiger partial charge is 0.445 e. The van der Waals surface area contributed by atoms with Gasteiger partial charge < -0.3 is 14.5 Å². The van der Waals surface area contributed by atoms with Crippen molar-refractivity contribution in [3.8, 4) is 0 Å². The molecule has 29 heavy (non-hydrogen) atoms. The average molecular weight is 400 g/mol. The van der Waals surface area contributed by atoms with Gasteiger partial charge >= 0.3 is 6.09 Å². The molecule has 160 valence electrons. The van der Waals surface area contributed by atoms with Crippen LogP contribution in [0.25, 0.3) is 0 Å².